The number of hydrogen-bond donors (Lipinski definition) is 5. The minimum absolute atomic E-state index is 0.0239. The standard InChI is InChI=1S/C48H80N10O3S/c1-29-31(3)62-46-42(29)43(50-30(2)44-55-52-32(4)58(44)46)33-7-12-36(13-8-33)56-23-21-48(22-24-56)28-57(27-47(48)19-6-20-47)41-18-17-39(53-54-41)45(59)51-35-10-15-37(16-11-35)61-38-14-9-34(26-49)40(25-38)60-5/h29-42,44,46,52-55H,6-25,27-28H2,1-5H3,(H,51,59)/t29?,30-,31?,32?,33?,34?,35?,36?,37?,38?,39?,40?,41?,42?,44?,46?/m0/s1. The number of amides is 1. The molecule has 9 fully saturated rings. The first-order chi connectivity index (χ1) is 30.1. The van der Waals surface area contributed by atoms with E-state index >= 15 is 0 Å². The summed E-state index contributed by atoms with van der Waals surface area (Å²) in [6.45, 7) is 14.5. The summed E-state index contributed by atoms with van der Waals surface area (Å²) < 4.78 is 12.1. The lowest BCUT2D eigenvalue weighted by molar-refractivity contribution is -0.126. The first-order valence-corrected chi connectivity index (χ1v) is 26.4. The van der Waals surface area contributed by atoms with Crippen LogP contribution in [-0.4, -0.2) is 131 Å². The minimum atomic E-state index is -0.187. The molecule has 1 amide bonds. The molecule has 0 bridgehead atoms. The van der Waals surface area contributed by atoms with Gasteiger partial charge in [0, 0.05) is 55.6 Å². The molecule has 14 heteroatoms. The molecule has 2 spiro atoms. The van der Waals surface area contributed by atoms with Crippen molar-refractivity contribution in [1.29, 1.82) is 5.26 Å². The number of piperidine rings is 1. The highest BCUT2D eigenvalue weighted by atomic mass is 32.2. The molecule has 10 aliphatic rings. The van der Waals surface area contributed by atoms with Gasteiger partial charge in [0.25, 0.3) is 0 Å². The van der Waals surface area contributed by atoms with Crippen molar-refractivity contribution in [3.8, 4) is 6.07 Å². The van der Waals surface area contributed by atoms with Crippen molar-refractivity contribution in [3.05, 3.63) is 0 Å². The molecule has 13 nitrogen and oxygen atoms in total. The minimum Gasteiger partial charge on any atom is -0.380 e. The lowest BCUT2D eigenvalue weighted by atomic mass is 9.52. The lowest BCUT2D eigenvalue weighted by Crippen LogP contribution is -2.62. The van der Waals surface area contributed by atoms with Gasteiger partial charge in [-0.2, -0.15) is 5.26 Å². The largest absolute Gasteiger partial charge is 0.380 e. The summed E-state index contributed by atoms with van der Waals surface area (Å²) in [5.74, 6) is 1.96. The van der Waals surface area contributed by atoms with E-state index in [1.807, 2.05) is 0 Å². The summed E-state index contributed by atoms with van der Waals surface area (Å²) in [5, 5.41) is 14.0. The van der Waals surface area contributed by atoms with Gasteiger partial charge in [-0.15, -0.1) is 11.8 Å². The molecular weight excluding hydrogens is 797 g/mol. The molecule has 11 unspecified atom stereocenters. The van der Waals surface area contributed by atoms with Gasteiger partial charge >= 0.3 is 0 Å². The summed E-state index contributed by atoms with van der Waals surface area (Å²) in [7, 11) is 1.71. The predicted molar refractivity (Wildman–Crippen MR) is 244 cm³/mol. The number of nitrogens with zero attached hydrogens (tertiary/aromatic N) is 5. The van der Waals surface area contributed by atoms with E-state index in [1.54, 1.807) is 12.8 Å². The second kappa shape index (κ2) is 18.4. The van der Waals surface area contributed by atoms with Crippen molar-refractivity contribution < 1.29 is 14.3 Å². The molecule has 10 rings (SSSR count). The van der Waals surface area contributed by atoms with Gasteiger partial charge in [-0.25, -0.2) is 21.7 Å². The first kappa shape index (κ1) is 44.5. The Kier molecular flexibility index (Phi) is 13.2. The predicted octanol–water partition coefficient (Wildman–Crippen LogP) is 5.49. The Morgan fingerprint density at radius 1 is 0.839 bits per heavy atom. The fourth-order valence-electron chi connectivity index (χ4n) is 14.9. The summed E-state index contributed by atoms with van der Waals surface area (Å²) in [5.41, 5.74) is 16.8. The van der Waals surface area contributed by atoms with E-state index in [2.05, 4.69) is 87.2 Å². The third-order valence-corrected chi connectivity index (χ3v) is 20.7. The molecule has 346 valence electrons. The number of thioether (sulfide) groups is 1. The zero-order valence-corrected chi connectivity index (χ0v) is 39.5. The quantitative estimate of drug-likeness (QED) is 0.211. The highest BCUT2D eigenvalue weighted by molar-refractivity contribution is 8.00. The van der Waals surface area contributed by atoms with Crippen molar-refractivity contribution in [2.75, 3.05) is 33.3 Å². The smallest absolute Gasteiger partial charge is 0.238 e. The van der Waals surface area contributed by atoms with E-state index in [4.69, 9.17) is 14.5 Å². The summed E-state index contributed by atoms with van der Waals surface area (Å²) in [6, 6.07) is 3.42. The van der Waals surface area contributed by atoms with Crippen molar-refractivity contribution in [1.82, 2.24) is 41.7 Å². The normalized spacial score (nSPS) is 46.0. The molecule has 6 aliphatic heterocycles. The number of methoxy groups -OCH3 is 1. The van der Waals surface area contributed by atoms with Gasteiger partial charge < -0.3 is 19.7 Å². The zero-order chi connectivity index (χ0) is 42.8. The highest BCUT2D eigenvalue weighted by Crippen LogP contribution is 2.63. The molecule has 62 heavy (non-hydrogen) atoms. The van der Waals surface area contributed by atoms with Crippen LogP contribution in [0.1, 0.15) is 143 Å². The maximum Gasteiger partial charge on any atom is 0.238 e. The average Bonchev–Trinajstić information content (AvgIpc) is 3.91. The number of hydrazine groups is 2. The Hall–Kier alpha value is -1.38. The van der Waals surface area contributed by atoms with Gasteiger partial charge in [0.15, 0.2) is 0 Å². The van der Waals surface area contributed by atoms with Gasteiger partial charge in [-0.3, -0.25) is 19.6 Å². The topological polar surface area (TPSA) is 142 Å². The Bertz CT molecular complexity index is 1640. The Morgan fingerprint density at radius 2 is 1.56 bits per heavy atom. The van der Waals surface area contributed by atoms with Crippen LogP contribution in [0.2, 0.25) is 0 Å². The number of ether oxygens (including phenoxy) is 2. The summed E-state index contributed by atoms with van der Waals surface area (Å²) in [6.07, 6.45) is 21.7. The number of fused-ring (bicyclic) bond motifs is 4. The number of carbonyl (C=O) groups is 1. The Morgan fingerprint density at radius 3 is 2.23 bits per heavy atom. The highest BCUT2D eigenvalue weighted by Gasteiger charge is 2.62. The van der Waals surface area contributed by atoms with Crippen LogP contribution in [0.3, 0.4) is 0 Å². The van der Waals surface area contributed by atoms with Crippen LogP contribution in [-0.2, 0) is 14.3 Å². The molecular formula is C48H80N10O3S. The van der Waals surface area contributed by atoms with Crippen molar-refractivity contribution in [3.63, 3.8) is 0 Å². The molecule has 4 aliphatic carbocycles. The molecule has 0 aromatic carbocycles. The molecule has 0 aromatic rings. The lowest BCUT2D eigenvalue weighted by Gasteiger charge is -2.55. The second-order valence-corrected chi connectivity index (χ2v) is 23.6. The zero-order valence-electron chi connectivity index (χ0n) is 38.7. The van der Waals surface area contributed by atoms with Crippen LogP contribution in [0.15, 0.2) is 4.99 Å². The monoisotopic (exact) mass is 877 g/mol. The van der Waals surface area contributed by atoms with Gasteiger partial charge in [-0.1, -0.05) is 20.3 Å². The molecule has 0 aromatic heterocycles. The third kappa shape index (κ3) is 8.25. The van der Waals surface area contributed by atoms with Crippen LogP contribution in [0.25, 0.3) is 0 Å². The van der Waals surface area contributed by atoms with Crippen LogP contribution < -0.4 is 27.0 Å². The third-order valence-electron chi connectivity index (χ3n) is 19.0. The first-order valence-electron chi connectivity index (χ1n) is 25.5. The summed E-state index contributed by atoms with van der Waals surface area (Å²) >= 11 is 2.20. The van der Waals surface area contributed by atoms with Gasteiger partial charge in [-0.05, 0) is 152 Å². The van der Waals surface area contributed by atoms with Crippen molar-refractivity contribution >= 4 is 23.4 Å². The summed E-state index contributed by atoms with van der Waals surface area (Å²) in [4.78, 5) is 27.6. The number of rotatable bonds is 8. The van der Waals surface area contributed by atoms with E-state index in [0.717, 1.165) is 63.8 Å². The molecule has 12 atom stereocenters. The maximum atomic E-state index is 13.5. The second-order valence-electron chi connectivity index (χ2n) is 22.1. The van der Waals surface area contributed by atoms with E-state index < -0.39 is 0 Å². The van der Waals surface area contributed by atoms with Crippen LogP contribution >= 0.6 is 11.8 Å². The number of aliphatic imine (C=N–C) groups is 1. The Balaban J connectivity index is 0.676. The van der Waals surface area contributed by atoms with E-state index in [-0.39, 0.29) is 54.4 Å². The number of likely N-dealkylation sites (tertiary alicyclic amines) is 2. The number of hydrogen-bond acceptors (Lipinski definition) is 13. The van der Waals surface area contributed by atoms with E-state index in [1.165, 1.54) is 84.0 Å². The van der Waals surface area contributed by atoms with Crippen molar-refractivity contribution in [2.45, 2.75) is 215 Å². The molecule has 0 radical (unpaired) electrons. The molecule has 5 saturated heterocycles. The molecule has 4 saturated carbocycles. The number of carbonyl (C=O) groups excluding carboxylic acids is 1. The Labute approximate surface area is 377 Å². The van der Waals surface area contributed by atoms with Gasteiger partial charge in [0.1, 0.15) is 6.04 Å². The van der Waals surface area contributed by atoms with Crippen LogP contribution in [0, 0.1) is 45.8 Å². The fourth-order valence-corrected chi connectivity index (χ4v) is 16.7. The molecule has 5 N–H and O–H groups in total. The van der Waals surface area contributed by atoms with E-state index in [0.29, 0.717) is 51.5 Å². The van der Waals surface area contributed by atoms with Gasteiger partial charge in [0.05, 0.1) is 60.2 Å². The molecule has 6 heterocycles. The van der Waals surface area contributed by atoms with Crippen LogP contribution in [0.5, 0.6) is 0 Å². The SMILES string of the molecule is COC1CC(OC2CCC(NC(=O)C3CCC(N4CC5(CCC5)C5(CCN(C6CCC(C7=N[C@@H](C)C8NNC(C)N8C8SC(C)C(C)C78)CC6)CC5)C4)NN3)CC2)CCC1C#N. The number of nitrogens with one attached hydrogen (secondary N) is 5. The average molecular weight is 877 g/mol. The van der Waals surface area contributed by atoms with Crippen molar-refractivity contribution in [2.24, 2.45) is 39.5 Å². The number of nitriles is 1. The fraction of sp³-hybridized carbons (Fsp3) is 0.938. The van der Waals surface area contributed by atoms with Gasteiger partial charge in [0.2, 0.25) is 5.91 Å². The van der Waals surface area contributed by atoms with Crippen LogP contribution in [0.4, 0.5) is 0 Å². The maximum absolute atomic E-state index is 13.5. The van der Waals surface area contributed by atoms with E-state index in [9.17, 15) is 10.1 Å².